The molecule has 290 valence electrons. The molecule has 0 fully saturated rings. The van der Waals surface area contributed by atoms with E-state index in [1.54, 1.807) is 6.20 Å². The van der Waals surface area contributed by atoms with Gasteiger partial charge in [0.15, 0.2) is 0 Å². The third-order valence-electron chi connectivity index (χ3n) is 12.5. The molecule has 0 atom stereocenters. The predicted octanol–water partition coefficient (Wildman–Crippen LogP) is 15.5. The minimum atomic E-state index is 0.771. The van der Waals surface area contributed by atoms with Crippen LogP contribution in [0.4, 0.5) is 0 Å². The molecule has 11 aromatic rings. The van der Waals surface area contributed by atoms with Crippen molar-refractivity contribution in [2.24, 2.45) is 0 Å². The van der Waals surface area contributed by atoms with E-state index in [1.807, 2.05) is 17.4 Å². The number of thiophene rings is 1. The molecule has 12 rings (SSSR count). The van der Waals surface area contributed by atoms with E-state index in [4.69, 9.17) is 5.10 Å². The summed E-state index contributed by atoms with van der Waals surface area (Å²) in [6, 6.07) is 75.1. The maximum atomic E-state index is 4.83. The highest BCUT2D eigenvalue weighted by molar-refractivity contribution is 7.26. The molecule has 0 spiro atoms. The van der Waals surface area contributed by atoms with Crippen molar-refractivity contribution in [3.05, 3.63) is 224 Å². The van der Waals surface area contributed by atoms with E-state index < -0.39 is 0 Å². The second-order valence-corrected chi connectivity index (χ2v) is 17.0. The fraction of sp³-hybridized carbons (Fsp3) is 0.0172. The fourth-order valence-electron chi connectivity index (χ4n) is 9.84. The Hall–Kier alpha value is -7.79. The lowest BCUT2D eigenvalue weighted by molar-refractivity contribution is 0.871. The molecule has 2 aromatic heterocycles. The number of aromatic nitrogens is 3. The molecular weight excluding hydrogens is 771 g/mol. The molecule has 0 radical (unpaired) electrons. The van der Waals surface area contributed by atoms with Gasteiger partial charge in [0.25, 0.3) is 0 Å². The van der Waals surface area contributed by atoms with Crippen LogP contribution >= 0.6 is 11.3 Å². The van der Waals surface area contributed by atoms with Crippen LogP contribution in [0.2, 0.25) is 0 Å². The number of nitrogens with zero attached hydrogens (tertiary/aromatic N) is 3. The molecule has 1 aliphatic carbocycles. The minimum Gasteiger partial charge on any atom is -0.139 e. The van der Waals surface area contributed by atoms with Crippen molar-refractivity contribution in [1.29, 1.82) is 0 Å². The molecule has 3 nitrogen and oxygen atoms in total. The van der Waals surface area contributed by atoms with Gasteiger partial charge in [-0.1, -0.05) is 182 Å². The first kappa shape index (κ1) is 36.1. The number of hydrogen-bond donors (Lipinski definition) is 0. The van der Waals surface area contributed by atoms with Crippen LogP contribution in [0.1, 0.15) is 11.1 Å². The highest BCUT2D eigenvalue weighted by atomic mass is 32.1. The van der Waals surface area contributed by atoms with Crippen LogP contribution in [0, 0.1) is 0 Å². The first-order valence-electron chi connectivity index (χ1n) is 21.1. The average molecular weight is 808 g/mol. The Bertz CT molecular complexity index is 3450. The van der Waals surface area contributed by atoms with E-state index in [-0.39, 0.29) is 0 Å². The van der Waals surface area contributed by atoms with E-state index in [2.05, 4.69) is 211 Å². The smallest absolute Gasteiger partial charge is 0.0976 e. The van der Waals surface area contributed by atoms with Crippen LogP contribution in [0.15, 0.2) is 212 Å². The minimum absolute atomic E-state index is 0.771. The molecule has 62 heavy (non-hydrogen) atoms. The molecule has 0 amide bonds. The summed E-state index contributed by atoms with van der Waals surface area (Å²) in [5.41, 5.74) is 21.1. The monoisotopic (exact) mass is 807 g/mol. The van der Waals surface area contributed by atoms with Gasteiger partial charge in [-0.25, -0.2) is 0 Å². The Labute approximate surface area is 364 Å². The van der Waals surface area contributed by atoms with Gasteiger partial charge >= 0.3 is 0 Å². The number of benzene rings is 9. The number of hydrogen-bond acceptors (Lipinski definition) is 4. The van der Waals surface area contributed by atoms with Gasteiger partial charge in [-0.05, 0) is 125 Å². The summed E-state index contributed by atoms with van der Waals surface area (Å²) < 4.78 is 2.50. The largest absolute Gasteiger partial charge is 0.139 e. The molecule has 1 aliphatic rings. The Kier molecular flexibility index (Phi) is 8.75. The van der Waals surface area contributed by atoms with Crippen molar-refractivity contribution in [2.75, 3.05) is 0 Å². The molecule has 0 aliphatic heterocycles. The van der Waals surface area contributed by atoms with Crippen molar-refractivity contribution in [3.8, 4) is 89.1 Å². The first-order valence-corrected chi connectivity index (χ1v) is 21.9. The molecule has 2 heterocycles. The van der Waals surface area contributed by atoms with Crippen molar-refractivity contribution >= 4 is 31.5 Å². The van der Waals surface area contributed by atoms with Crippen LogP contribution in [0.3, 0.4) is 0 Å². The SMILES string of the molecule is c1ccc(-c2ccc(-c3c(-c4c5c(cc(-c6ccccc6)c4-c4ccccc4)-c4ccccc4C5)ccc4sc5ccccc5c34)c(-c3ccnnn3)c2-c2ccccc2)cc1. The van der Waals surface area contributed by atoms with Gasteiger partial charge in [0.05, 0.1) is 11.9 Å². The zero-order chi connectivity index (χ0) is 41.0. The van der Waals surface area contributed by atoms with E-state index in [1.165, 1.54) is 81.4 Å². The summed E-state index contributed by atoms with van der Waals surface area (Å²) in [7, 11) is 0. The first-order chi connectivity index (χ1) is 30.8. The van der Waals surface area contributed by atoms with Crippen LogP contribution in [-0.2, 0) is 6.42 Å². The normalized spacial score (nSPS) is 11.8. The second-order valence-electron chi connectivity index (χ2n) is 15.9. The van der Waals surface area contributed by atoms with Gasteiger partial charge in [0.2, 0.25) is 0 Å². The zero-order valence-electron chi connectivity index (χ0n) is 33.7. The standard InChI is InChI=1S/C58H37N3S/c1-5-17-37(18-6-1)43-29-30-46(57(50-33-34-59-61-60-50)53(43)39-21-9-3-10-22-39)55-45(31-32-52-58(55)44-27-15-16-28-51(44)62-52)56-49-35-41-25-13-14-26-42(41)48(49)36-47(38-19-7-2-8-20-38)54(56)40-23-11-4-12-24-40/h1-34,36H,35H2. The molecule has 9 aromatic carbocycles. The van der Waals surface area contributed by atoms with Crippen molar-refractivity contribution in [2.45, 2.75) is 6.42 Å². The van der Waals surface area contributed by atoms with Crippen LogP contribution in [-0.4, -0.2) is 15.4 Å². The van der Waals surface area contributed by atoms with Gasteiger partial charge in [0.1, 0.15) is 0 Å². The maximum Gasteiger partial charge on any atom is 0.0976 e. The van der Waals surface area contributed by atoms with E-state index in [9.17, 15) is 0 Å². The predicted molar refractivity (Wildman–Crippen MR) is 259 cm³/mol. The van der Waals surface area contributed by atoms with E-state index in [0.29, 0.717) is 0 Å². The molecule has 0 unspecified atom stereocenters. The van der Waals surface area contributed by atoms with Gasteiger partial charge in [-0.3, -0.25) is 0 Å². The Morgan fingerprint density at radius 1 is 0.371 bits per heavy atom. The van der Waals surface area contributed by atoms with Gasteiger partial charge in [-0.15, -0.1) is 21.5 Å². The molecule has 0 saturated heterocycles. The summed E-state index contributed by atoms with van der Waals surface area (Å²) in [4.78, 5) is 0. The summed E-state index contributed by atoms with van der Waals surface area (Å²) in [5.74, 6) is 0. The van der Waals surface area contributed by atoms with Crippen molar-refractivity contribution in [1.82, 2.24) is 15.4 Å². The third-order valence-corrected chi connectivity index (χ3v) is 13.6. The number of fused-ring (bicyclic) bond motifs is 6. The Morgan fingerprint density at radius 3 is 1.63 bits per heavy atom. The highest BCUT2D eigenvalue weighted by Gasteiger charge is 2.31. The Morgan fingerprint density at radius 2 is 0.935 bits per heavy atom. The summed E-state index contributed by atoms with van der Waals surface area (Å²) in [6.45, 7) is 0. The fourth-order valence-corrected chi connectivity index (χ4v) is 11.0. The number of rotatable bonds is 7. The van der Waals surface area contributed by atoms with E-state index in [0.717, 1.165) is 45.5 Å². The lowest BCUT2D eigenvalue weighted by atomic mass is 9.77. The van der Waals surface area contributed by atoms with Gasteiger partial charge in [-0.2, -0.15) is 0 Å². The van der Waals surface area contributed by atoms with Crippen molar-refractivity contribution < 1.29 is 0 Å². The molecule has 0 bridgehead atoms. The van der Waals surface area contributed by atoms with E-state index >= 15 is 0 Å². The summed E-state index contributed by atoms with van der Waals surface area (Å²) in [5, 5.41) is 15.8. The Balaban J connectivity index is 1.30. The zero-order valence-corrected chi connectivity index (χ0v) is 34.5. The summed E-state index contributed by atoms with van der Waals surface area (Å²) in [6.07, 6.45) is 2.60. The topological polar surface area (TPSA) is 38.7 Å². The molecular formula is C58H37N3S. The van der Waals surface area contributed by atoms with Crippen LogP contribution in [0.5, 0.6) is 0 Å². The summed E-state index contributed by atoms with van der Waals surface area (Å²) >= 11 is 1.85. The highest BCUT2D eigenvalue weighted by Crippen LogP contribution is 2.56. The molecule has 0 N–H and O–H groups in total. The molecule has 0 saturated carbocycles. The van der Waals surface area contributed by atoms with Gasteiger partial charge in [0, 0.05) is 25.7 Å². The lowest BCUT2D eigenvalue weighted by Gasteiger charge is -2.25. The third kappa shape index (κ3) is 5.91. The quantitative estimate of drug-likeness (QED) is 0.161. The second kappa shape index (κ2) is 15.0. The lowest BCUT2D eigenvalue weighted by Crippen LogP contribution is -2.01. The van der Waals surface area contributed by atoms with Crippen LogP contribution < -0.4 is 0 Å². The maximum absolute atomic E-state index is 4.83. The molecule has 4 heteroatoms. The van der Waals surface area contributed by atoms with Crippen molar-refractivity contribution in [3.63, 3.8) is 0 Å². The van der Waals surface area contributed by atoms with Crippen LogP contribution in [0.25, 0.3) is 109 Å². The van der Waals surface area contributed by atoms with Gasteiger partial charge < -0.3 is 0 Å². The average Bonchev–Trinajstić information content (AvgIpc) is 3.92.